The van der Waals surface area contributed by atoms with Gasteiger partial charge in [0.1, 0.15) is 6.33 Å². The lowest BCUT2D eigenvalue weighted by Gasteiger charge is -2.28. The number of pyridine rings is 2. The molecule has 0 atom stereocenters. The van der Waals surface area contributed by atoms with Crippen LogP contribution in [0.4, 0.5) is 0 Å². The molecule has 5 heterocycles. The Morgan fingerprint density at radius 2 is 2.06 bits per heavy atom. The van der Waals surface area contributed by atoms with Crippen LogP contribution in [0.25, 0.3) is 27.9 Å². The lowest BCUT2D eigenvalue weighted by Crippen LogP contribution is -2.32. The average Bonchev–Trinajstić information content (AvgIpc) is 3.66. The van der Waals surface area contributed by atoms with E-state index < -0.39 is 0 Å². The summed E-state index contributed by atoms with van der Waals surface area (Å²) in [6.07, 6.45) is 9.73. The molecule has 1 aliphatic carbocycles. The van der Waals surface area contributed by atoms with Crippen LogP contribution in [0, 0.1) is 0 Å². The summed E-state index contributed by atoms with van der Waals surface area (Å²) in [7, 11) is 0. The quantitative estimate of drug-likeness (QED) is 0.275. The molecule has 36 heavy (non-hydrogen) atoms. The summed E-state index contributed by atoms with van der Waals surface area (Å²) in [4.78, 5) is 13.1. The molecule has 0 aromatic carbocycles. The SMILES string of the molecule is CC(C)c1c(-c2cc(CO)c3ncnn3c2)[nH]c2ccc(C3CCC(NCc4cn[nH]n4)CC3)nc12. The maximum Gasteiger partial charge on any atom is 0.160 e. The average molecular weight is 486 g/mol. The maximum atomic E-state index is 9.91. The number of rotatable bonds is 7. The smallest absolute Gasteiger partial charge is 0.160 e. The molecule has 10 nitrogen and oxygen atoms in total. The monoisotopic (exact) mass is 485 g/mol. The zero-order chi connectivity index (χ0) is 24.6. The summed E-state index contributed by atoms with van der Waals surface area (Å²) < 4.78 is 1.73. The van der Waals surface area contributed by atoms with E-state index in [1.54, 1.807) is 10.7 Å². The molecule has 0 spiro atoms. The fraction of sp³-hybridized carbons (Fsp3) is 0.423. The third kappa shape index (κ3) is 4.16. The highest BCUT2D eigenvalue weighted by atomic mass is 16.3. The lowest BCUT2D eigenvalue weighted by molar-refractivity contribution is 0.282. The standard InChI is InChI=1S/C26H31N9O/c1-15(2)23-24(17-9-18(13-36)26-28-14-30-35(26)12-17)32-22-8-7-21(31-25(22)23)16-3-5-19(6-4-16)27-10-20-11-29-34-33-20/h7-9,11-12,14-16,19,27,32,36H,3-6,10,13H2,1-2H3,(H,29,33,34). The minimum Gasteiger partial charge on any atom is -0.392 e. The maximum absolute atomic E-state index is 9.91. The summed E-state index contributed by atoms with van der Waals surface area (Å²) in [6.45, 7) is 5.06. The van der Waals surface area contributed by atoms with Gasteiger partial charge in [0.2, 0.25) is 0 Å². The number of nitrogens with zero attached hydrogens (tertiary/aromatic N) is 6. The molecule has 1 aliphatic rings. The van der Waals surface area contributed by atoms with Crippen LogP contribution >= 0.6 is 0 Å². The van der Waals surface area contributed by atoms with E-state index in [4.69, 9.17) is 4.98 Å². The van der Waals surface area contributed by atoms with Crippen molar-refractivity contribution in [2.24, 2.45) is 0 Å². The van der Waals surface area contributed by atoms with Crippen molar-refractivity contribution in [3.63, 3.8) is 0 Å². The van der Waals surface area contributed by atoms with Crippen molar-refractivity contribution in [3.8, 4) is 11.3 Å². The van der Waals surface area contributed by atoms with Crippen molar-refractivity contribution >= 4 is 16.7 Å². The van der Waals surface area contributed by atoms with Gasteiger partial charge in [-0.1, -0.05) is 13.8 Å². The molecule has 0 aliphatic heterocycles. The fourth-order valence-electron chi connectivity index (χ4n) is 5.52. The van der Waals surface area contributed by atoms with Gasteiger partial charge < -0.3 is 15.4 Å². The molecule has 1 saturated carbocycles. The molecule has 5 aromatic rings. The number of hydrogen-bond donors (Lipinski definition) is 4. The Labute approximate surface area is 208 Å². The van der Waals surface area contributed by atoms with Crippen LogP contribution in [-0.4, -0.2) is 51.1 Å². The Kier molecular flexibility index (Phi) is 5.98. The Morgan fingerprint density at radius 3 is 2.81 bits per heavy atom. The van der Waals surface area contributed by atoms with Crippen LogP contribution < -0.4 is 5.32 Å². The molecule has 4 N–H and O–H groups in total. The molecular formula is C26H31N9O. The van der Waals surface area contributed by atoms with E-state index in [1.807, 2.05) is 12.3 Å². The second-order valence-electron chi connectivity index (χ2n) is 10.0. The molecule has 0 radical (unpaired) electrons. The number of aromatic amines is 2. The Bertz CT molecular complexity index is 1480. The van der Waals surface area contributed by atoms with Crippen LogP contribution in [0.1, 0.15) is 73.9 Å². The van der Waals surface area contributed by atoms with Crippen molar-refractivity contribution < 1.29 is 5.11 Å². The topological polar surface area (TPSA) is 133 Å². The van der Waals surface area contributed by atoms with Gasteiger partial charge in [0.25, 0.3) is 0 Å². The van der Waals surface area contributed by atoms with E-state index in [2.05, 4.69) is 61.8 Å². The first-order valence-corrected chi connectivity index (χ1v) is 12.6. The van der Waals surface area contributed by atoms with Crippen LogP contribution in [0.2, 0.25) is 0 Å². The Balaban J connectivity index is 1.27. The third-order valence-electron chi connectivity index (χ3n) is 7.37. The second-order valence-corrected chi connectivity index (χ2v) is 10.0. The number of nitrogens with one attached hydrogen (secondary N) is 3. The van der Waals surface area contributed by atoms with Crippen molar-refractivity contribution in [1.29, 1.82) is 0 Å². The first-order chi connectivity index (χ1) is 17.6. The predicted octanol–water partition coefficient (Wildman–Crippen LogP) is 3.82. The molecule has 6 rings (SSSR count). The van der Waals surface area contributed by atoms with Gasteiger partial charge in [0.05, 0.1) is 35.2 Å². The molecular weight excluding hydrogens is 454 g/mol. The first-order valence-electron chi connectivity index (χ1n) is 12.6. The van der Waals surface area contributed by atoms with Crippen LogP contribution in [0.15, 0.2) is 36.9 Å². The number of aliphatic hydroxyl groups excluding tert-OH is 1. The number of H-pyrrole nitrogens is 2. The molecule has 0 unspecified atom stereocenters. The van der Waals surface area contributed by atoms with Crippen LogP contribution in [0.3, 0.4) is 0 Å². The number of fused-ring (bicyclic) bond motifs is 2. The van der Waals surface area contributed by atoms with E-state index in [0.29, 0.717) is 17.6 Å². The van der Waals surface area contributed by atoms with Gasteiger partial charge in [0, 0.05) is 47.1 Å². The van der Waals surface area contributed by atoms with Crippen molar-refractivity contribution in [1.82, 2.24) is 45.3 Å². The highest BCUT2D eigenvalue weighted by molar-refractivity contribution is 5.88. The van der Waals surface area contributed by atoms with Crippen molar-refractivity contribution in [3.05, 3.63) is 59.4 Å². The third-order valence-corrected chi connectivity index (χ3v) is 7.37. The van der Waals surface area contributed by atoms with E-state index in [1.165, 1.54) is 17.6 Å². The zero-order valence-electron chi connectivity index (χ0n) is 20.6. The summed E-state index contributed by atoms with van der Waals surface area (Å²) in [5, 5.41) is 28.5. The normalized spacial score (nSPS) is 18.6. The van der Waals surface area contributed by atoms with Gasteiger partial charge in [-0.3, -0.25) is 4.98 Å². The van der Waals surface area contributed by atoms with Crippen LogP contribution in [0.5, 0.6) is 0 Å². The van der Waals surface area contributed by atoms with Gasteiger partial charge in [0.15, 0.2) is 5.65 Å². The predicted molar refractivity (Wildman–Crippen MR) is 136 cm³/mol. The second kappa shape index (κ2) is 9.44. The van der Waals surface area contributed by atoms with Gasteiger partial charge in [-0.2, -0.15) is 20.5 Å². The van der Waals surface area contributed by atoms with Gasteiger partial charge in [-0.25, -0.2) is 9.50 Å². The van der Waals surface area contributed by atoms with E-state index in [0.717, 1.165) is 65.8 Å². The molecule has 10 heteroatoms. The number of hydrogen-bond acceptors (Lipinski definition) is 7. The van der Waals surface area contributed by atoms with Gasteiger partial charge in [-0.05, 0) is 49.8 Å². The summed E-state index contributed by atoms with van der Waals surface area (Å²) in [5.41, 5.74) is 8.80. The largest absolute Gasteiger partial charge is 0.392 e. The molecule has 0 bridgehead atoms. The summed E-state index contributed by atoms with van der Waals surface area (Å²) in [6, 6.07) is 6.84. The van der Waals surface area contributed by atoms with Crippen molar-refractivity contribution in [2.45, 2.75) is 70.6 Å². The summed E-state index contributed by atoms with van der Waals surface area (Å²) in [5.74, 6) is 0.738. The van der Waals surface area contributed by atoms with E-state index >= 15 is 0 Å². The van der Waals surface area contributed by atoms with Gasteiger partial charge in [-0.15, -0.1) is 0 Å². The lowest BCUT2D eigenvalue weighted by atomic mass is 9.83. The van der Waals surface area contributed by atoms with Crippen LogP contribution in [-0.2, 0) is 13.2 Å². The molecule has 186 valence electrons. The fourth-order valence-corrected chi connectivity index (χ4v) is 5.52. The van der Waals surface area contributed by atoms with Gasteiger partial charge >= 0.3 is 0 Å². The van der Waals surface area contributed by atoms with E-state index in [9.17, 15) is 5.11 Å². The molecule has 0 saturated heterocycles. The highest BCUT2D eigenvalue weighted by Crippen LogP contribution is 2.38. The minimum atomic E-state index is -0.0915. The zero-order valence-corrected chi connectivity index (χ0v) is 20.6. The van der Waals surface area contributed by atoms with Crippen molar-refractivity contribution in [2.75, 3.05) is 0 Å². The number of aliphatic hydroxyl groups is 1. The Hall–Kier alpha value is -3.63. The highest BCUT2D eigenvalue weighted by Gasteiger charge is 2.25. The molecule has 0 amide bonds. The minimum absolute atomic E-state index is 0.0915. The molecule has 5 aromatic heterocycles. The number of aromatic nitrogens is 8. The first kappa shape index (κ1) is 22.8. The summed E-state index contributed by atoms with van der Waals surface area (Å²) >= 11 is 0. The van der Waals surface area contributed by atoms with E-state index in [-0.39, 0.29) is 12.5 Å². The molecule has 1 fully saturated rings. The Morgan fingerprint density at radius 1 is 1.19 bits per heavy atom.